The van der Waals surface area contributed by atoms with Gasteiger partial charge in [-0.1, -0.05) is 11.8 Å². The zero-order valence-corrected chi connectivity index (χ0v) is 21.3. The number of hydrogen-bond acceptors (Lipinski definition) is 11. The number of carbonyl (C=O) groups is 3. The van der Waals surface area contributed by atoms with Crippen molar-refractivity contribution >= 4 is 53.1 Å². The first-order chi connectivity index (χ1) is 14.4. The molecule has 2 aliphatic heterocycles. The molecule has 1 aromatic heterocycles. The number of thioether (sulfide) groups is 3. The van der Waals surface area contributed by atoms with E-state index in [0.717, 1.165) is 16.7 Å². The molecule has 0 radical (unpaired) electrons. The number of nitrogens with zero attached hydrogens (tertiary/aromatic N) is 6. The van der Waals surface area contributed by atoms with Gasteiger partial charge in [-0.25, -0.2) is 9.48 Å². The second-order valence-corrected chi connectivity index (χ2v) is 9.11. The fourth-order valence-electron chi connectivity index (χ4n) is 2.98. The predicted molar refractivity (Wildman–Crippen MR) is 109 cm³/mol. The van der Waals surface area contributed by atoms with Crippen LogP contribution in [-0.4, -0.2) is 89.2 Å². The summed E-state index contributed by atoms with van der Waals surface area (Å²) in [6, 6.07) is 1.92. The van der Waals surface area contributed by atoms with Crippen LogP contribution in [0.3, 0.4) is 0 Å². The van der Waals surface area contributed by atoms with E-state index in [9.17, 15) is 19.5 Å². The van der Waals surface area contributed by atoms with Gasteiger partial charge in [-0.3, -0.25) is 14.5 Å². The summed E-state index contributed by atoms with van der Waals surface area (Å²) in [6.45, 7) is 0. The van der Waals surface area contributed by atoms with Crippen molar-refractivity contribution in [2.24, 2.45) is 7.05 Å². The Hall–Kier alpha value is -1.28. The molecule has 2 aliphatic rings. The standard InChI is InChI=1S/C15H17N7O5S3.Na.H/c1-21-14(18-19-20-21)30-6-8-5-29-13-15(27-2,17-9(23)7-28-4-3-16)12(26)22(13)10(8)11(24)25;;/h13H,4-7H2,1-2H3,(H,17,23)(H,24,25);;/q;+1;-1/t13-,15+;;/m1../s1. The van der Waals surface area contributed by atoms with Gasteiger partial charge in [0.1, 0.15) is 11.1 Å². The number of fused-ring (bicyclic) bond motifs is 1. The first kappa shape index (κ1) is 26.0. The van der Waals surface area contributed by atoms with Gasteiger partial charge in [0, 0.05) is 25.7 Å². The average Bonchev–Trinajstić information content (AvgIpc) is 3.14. The number of nitrogens with one attached hydrogen (secondary N) is 1. The van der Waals surface area contributed by atoms with E-state index in [-0.39, 0.29) is 53.9 Å². The Morgan fingerprint density at radius 2 is 2.29 bits per heavy atom. The molecule has 162 valence electrons. The quantitative estimate of drug-likeness (QED) is 0.114. The van der Waals surface area contributed by atoms with E-state index in [1.54, 1.807) is 7.05 Å². The minimum Gasteiger partial charge on any atom is -1.00 e. The van der Waals surface area contributed by atoms with E-state index < -0.39 is 28.9 Å². The summed E-state index contributed by atoms with van der Waals surface area (Å²) >= 11 is 3.67. The van der Waals surface area contributed by atoms with Crippen molar-refractivity contribution in [1.29, 1.82) is 5.26 Å². The molecule has 0 aromatic carbocycles. The maximum Gasteiger partial charge on any atom is 1.00 e. The number of carboxylic acids is 1. The zero-order chi connectivity index (χ0) is 21.9. The number of ether oxygens (including phenoxy) is 1. The third kappa shape index (κ3) is 5.05. The number of carboxylic acid groups (broad SMARTS) is 1. The molecule has 0 saturated carbocycles. The van der Waals surface area contributed by atoms with Crippen LogP contribution in [0.5, 0.6) is 0 Å². The summed E-state index contributed by atoms with van der Waals surface area (Å²) in [5.41, 5.74) is -1.21. The van der Waals surface area contributed by atoms with Crippen molar-refractivity contribution in [1.82, 2.24) is 30.4 Å². The minimum absolute atomic E-state index is 0. The van der Waals surface area contributed by atoms with Crippen LogP contribution in [0.2, 0.25) is 0 Å². The molecule has 0 unspecified atom stereocenters. The minimum atomic E-state index is -1.64. The summed E-state index contributed by atoms with van der Waals surface area (Å²) in [5.74, 6) is -1.61. The molecular weight excluding hydrogens is 477 g/mol. The third-order valence-corrected chi connectivity index (χ3v) is 7.59. The maximum absolute atomic E-state index is 12.9. The number of aliphatic carboxylic acids is 1. The zero-order valence-electron chi connectivity index (χ0n) is 17.9. The summed E-state index contributed by atoms with van der Waals surface area (Å²) in [5, 5.41) is 31.8. The Bertz CT molecular complexity index is 958. The molecule has 31 heavy (non-hydrogen) atoms. The molecule has 16 heteroatoms. The van der Waals surface area contributed by atoms with Gasteiger partial charge in [0.25, 0.3) is 11.6 Å². The topological polar surface area (TPSA) is 163 Å². The van der Waals surface area contributed by atoms with Gasteiger partial charge in [-0.15, -0.1) is 28.6 Å². The Labute approximate surface area is 213 Å². The van der Waals surface area contributed by atoms with Crippen molar-refractivity contribution in [3.8, 4) is 6.07 Å². The third-order valence-electron chi connectivity index (χ3n) is 4.32. The molecule has 0 bridgehead atoms. The van der Waals surface area contributed by atoms with Crippen molar-refractivity contribution in [2.45, 2.75) is 16.3 Å². The Kier molecular flexibility index (Phi) is 9.25. The molecule has 12 nitrogen and oxygen atoms in total. The number of nitriles is 1. The molecule has 2 atom stereocenters. The molecule has 1 fully saturated rings. The largest absolute Gasteiger partial charge is 1.00 e. The van der Waals surface area contributed by atoms with Gasteiger partial charge in [-0.2, -0.15) is 5.26 Å². The molecule has 1 aromatic rings. The van der Waals surface area contributed by atoms with Crippen molar-refractivity contribution in [3.05, 3.63) is 11.3 Å². The van der Waals surface area contributed by atoms with Crippen LogP contribution in [0.25, 0.3) is 0 Å². The van der Waals surface area contributed by atoms with Crippen LogP contribution in [-0.2, 0) is 26.2 Å². The monoisotopic (exact) mass is 495 g/mol. The molecule has 3 rings (SSSR count). The summed E-state index contributed by atoms with van der Waals surface area (Å²) in [7, 11) is 2.96. The first-order valence-corrected chi connectivity index (χ1v) is 11.6. The number of amides is 2. The van der Waals surface area contributed by atoms with E-state index in [0.29, 0.717) is 16.5 Å². The van der Waals surface area contributed by atoms with E-state index in [1.807, 2.05) is 6.07 Å². The summed E-state index contributed by atoms with van der Waals surface area (Å²) in [6.07, 6.45) is 0. The first-order valence-electron chi connectivity index (χ1n) is 8.42. The second kappa shape index (κ2) is 11.0. The Morgan fingerprint density at radius 1 is 1.55 bits per heavy atom. The molecule has 2 N–H and O–H groups in total. The van der Waals surface area contributed by atoms with Crippen LogP contribution >= 0.6 is 35.3 Å². The number of hydrogen-bond donors (Lipinski definition) is 2. The molecule has 0 aliphatic carbocycles. The van der Waals surface area contributed by atoms with E-state index in [1.165, 1.54) is 35.3 Å². The molecule has 3 heterocycles. The molecular formula is C15H18N7NaO5S3. The van der Waals surface area contributed by atoms with E-state index in [2.05, 4.69) is 20.8 Å². The van der Waals surface area contributed by atoms with Gasteiger partial charge in [0.15, 0.2) is 0 Å². The second-order valence-electron chi connectivity index (χ2n) is 6.11. The number of β-lactam (4-membered cyclic amide) rings is 1. The van der Waals surface area contributed by atoms with Gasteiger partial charge in [-0.05, 0) is 16.0 Å². The molecule has 2 amide bonds. The number of rotatable bonds is 9. The summed E-state index contributed by atoms with van der Waals surface area (Å²) in [4.78, 5) is 38.2. The van der Waals surface area contributed by atoms with Crippen LogP contribution in [0.1, 0.15) is 1.43 Å². The predicted octanol–water partition coefficient (Wildman–Crippen LogP) is -3.61. The van der Waals surface area contributed by atoms with Gasteiger partial charge >= 0.3 is 35.5 Å². The average molecular weight is 496 g/mol. The normalized spacial score (nSPS) is 22.2. The number of aryl methyl sites for hydroxylation is 1. The van der Waals surface area contributed by atoms with Gasteiger partial charge in [0.05, 0.1) is 17.6 Å². The van der Waals surface area contributed by atoms with E-state index in [4.69, 9.17) is 10.00 Å². The van der Waals surface area contributed by atoms with E-state index >= 15 is 0 Å². The molecule has 1 saturated heterocycles. The SMILES string of the molecule is CO[C@@]1(NC(=O)CSCC#N)C(=O)N2C(C(=O)O)=C(CSc3nnnn3C)CS[C@@H]21.[H-].[Na+]. The van der Waals surface area contributed by atoms with Crippen molar-refractivity contribution in [2.75, 3.05) is 30.1 Å². The van der Waals surface area contributed by atoms with Crippen LogP contribution in [0.15, 0.2) is 16.4 Å². The number of methoxy groups -OCH3 is 1. The van der Waals surface area contributed by atoms with Gasteiger partial charge in [0.2, 0.25) is 11.1 Å². The van der Waals surface area contributed by atoms with Crippen LogP contribution in [0.4, 0.5) is 0 Å². The smallest absolute Gasteiger partial charge is 1.00 e. The van der Waals surface area contributed by atoms with Crippen LogP contribution < -0.4 is 34.9 Å². The fraction of sp³-hybridized carbons (Fsp3) is 0.533. The Morgan fingerprint density at radius 3 is 2.87 bits per heavy atom. The van der Waals surface area contributed by atoms with Gasteiger partial charge < -0.3 is 16.6 Å². The van der Waals surface area contributed by atoms with Crippen molar-refractivity contribution < 1.29 is 55.2 Å². The number of carbonyl (C=O) groups excluding carboxylic acids is 2. The van der Waals surface area contributed by atoms with Crippen LogP contribution in [0, 0.1) is 11.3 Å². The number of tetrazole rings is 1. The van der Waals surface area contributed by atoms with Crippen molar-refractivity contribution in [3.63, 3.8) is 0 Å². The maximum atomic E-state index is 12.9. The fourth-order valence-corrected chi connectivity index (χ4v) is 5.86. The number of aromatic nitrogens is 4. The summed E-state index contributed by atoms with van der Waals surface area (Å²) < 4.78 is 6.83. The Balaban J connectivity index is 0.00000256. The molecule has 0 spiro atoms.